The molecule has 0 aliphatic rings. The Kier molecular flexibility index (Phi) is 6.60. The van der Waals surface area contributed by atoms with Crippen LogP contribution in [0.25, 0.3) is 33.2 Å². The number of ether oxygens (including phenoxy) is 1. The Hall–Kier alpha value is -4.64. The maximum absolute atomic E-state index is 12.0. The molecule has 0 bridgehead atoms. The van der Waals surface area contributed by atoms with Gasteiger partial charge in [0.25, 0.3) is 5.69 Å². The minimum atomic E-state index is -0.385. The molecule has 0 spiro atoms. The summed E-state index contributed by atoms with van der Waals surface area (Å²) < 4.78 is 7.69. The molecule has 2 N–H and O–H groups in total. The number of nitrogens with one attached hydrogen (secondary N) is 2. The van der Waals surface area contributed by atoms with E-state index in [1.54, 1.807) is 6.07 Å². The van der Waals surface area contributed by atoms with Crippen molar-refractivity contribution in [2.75, 3.05) is 51.6 Å². The number of aryl methyl sites for hydroxylation is 1. The van der Waals surface area contributed by atoms with Gasteiger partial charge in [0.05, 0.1) is 28.8 Å². The summed E-state index contributed by atoms with van der Waals surface area (Å²) in [5, 5.41) is 16.3. The first kappa shape index (κ1) is 25.0. The average Bonchev–Trinajstić information content (AvgIpc) is 3.51. The van der Waals surface area contributed by atoms with Gasteiger partial charge in [-0.25, -0.2) is 9.97 Å². The summed E-state index contributed by atoms with van der Waals surface area (Å²) in [6.45, 7) is 1.36. The Labute approximate surface area is 219 Å². The minimum absolute atomic E-state index is 0.0356. The van der Waals surface area contributed by atoms with Gasteiger partial charge >= 0.3 is 0 Å². The second-order valence-electron chi connectivity index (χ2n) is 9.45. The normalized spacial score (nSPS) is 11.4. The zero-order valence-corrected chi connectivity index (χ0v) is 22.0. The molecule has 5 aromatic rings. The quantitative estimate of drug-likeness (QED) is 0.213. The first-order valence-electron chi connectivity index (χ1n) is 12.2. The van der Waals surface area contributed by atoms with Crippen molar-refractivity contribution in [1.29, 1.82) is 0 Å². The van der Waals surface area contributed by atoms with Crippen LogP contribution in [0.15, 0.2) is 54.9 Å². The molecule has 0 fully saturated rings. The lowest BCUT2D eigenvalue weighted by Crippen LogP contribution is -2.28. The van der Waals surface area contributed by atoms with Gasteiger partial charge in [-0.3, -0.25) is 10.1 Å². The van der Waals surface area contributed by atoms with Crippen LogP contribution in [0.2, 0.25) is 0 Å². The van der Waals surface area contributed by atoms with Crippen molar-refractivity contribution in [3.05, 3.63) is 65.0 Å². The number of hydrogen-bond donors (Lipinski definition) is 2. The molecule has 3 aromatic heterocycles. The van der Waals surface area contributed by atoms with Crippen LogP contribution < -0.4 is 15.0 Å². The van der Waals surface area contributed by atoms with E-state index < -0.39 is 0 Å². The Morgan fingerprint density at radius 3 is 2.66 bits per heavy atom. The molecule has 0 aliphatic heterocycles. The number of hydrogen-bond acceptors (Lipinski definition) is 8. The highest BCUT2D eigenvalue weighted by Gasteiger charge is 2.23. The van der Waals surface area contributed by atoms with E-state index in [-0.39, 0.29) is 10.6 Å². The third kappa shape index (κ3) is 4.59. The summed E-state index contributed by atoms with van der Waals surface area (Å²) in [5.41, 5.74) is 5.14. The van der Waals surface area contributed by atoms with E-state index in [0.717, 1.165) is 39.7 Å². The Balaban J connectivity index is 1.59. The van der Waals surface area contributed by atoms with Gasteiger partial charge in [-0.15, -0.1) is 0 Å². The number of para-hydroxylation sites is 1. The van der Waals surface area contributed by atoms with Crippen LogP contribution in [-0.4, -0.2) is 70.7 Å². The Morgan fingerprint density at radius 1 is 1.13 bits per heavy atom. The number of likely N-dealkylation sites (N-methyl/N-ethyl adjacent to an activating group) is 2. The van der Waals surface area contributed by atoms with Gasteiger partial charge in [0.1, 0.15) is 17.1 Å². The standard InChI is InChI=1S/C27H30N8O3/c1-32(2)12-13-33(3)22-15-24(38-5)20(14-23(22)35(36)37)30-27-29-19-10-11-28-26(19)25(31-27)18-16-34(4)21-9-7-6-8-17(18)21/h6-11,14-16,28H,12-13H2,1-5H3,(H,29,30,31). The largest absolute Gasteiger partial charge is 0.494 e. The topological polar surface area (TPSA) is 117 Å². The lowest BCUT2D eigenvalue weighted by Gasteiger charge is -2.22. The van der Waals surface area contributed by atoms with Crippen molar-refractivity contribution in [3.63, 3.8) is 0 Å². The van der Waals surface area contributed by atoms with Crippen LogP contribution in [0.4, 0.5) is 23.0 Å². The number of methoxy groups -OCH3 is 1. The number of aromatic amines is 1. The van der Waals surface area contributed by atoms with Gasteiger partial charge in [0.15, 0.2) is 0 Å². The second kappa shape index (κ2) is 10.0. The minimum Gasteiger partial charge on any atom is -0.494 e. The van der Waals surface area contributed by atoms with Gasteiger partial charge in [-0.1, -0.05) is 18.2 Å². The zero-order valence-electron chi connectivity index (χ0n) is 22.0. The third-order valence-electron chi connectivity index (χ3n) is 6.59. The molecule has 0 amide bonds. The molecular formula is C27H30N8O3. The fraction of sp³-hybridized carbons (Fsp3) is 0.259. The van der Waals surface area contributed by atoms with Crippen LogP contribution in [-0.2, 0) is 7.05 Å². The molecule has 0 radical (unpaired) electrons. The third-order valence-corrected chi connectivity index (χ3v) is 6.59. The van der Waals surface area contributed by atoms with Crippen LogP contribution in [0.5, 0.6) is 5.75 Å². The van der Waals surface area contributed by atoms with Crippen molar-refractivity contribution >= 4 is 44.9 Å². The Bertz CT molecular complexity index is 1640. The van der Waals surface area contributed by atoms with E-state index in [1.165, 1.54) is 13.2 Å². The number of nitrogens with zero attached hydrogens (tertiary/aromatic N) is 6. The molecular weight excluding hydrogens is 484 g/mol. The van der Waals surface area contributed by atoms with E-state index in [9.17, 15) is 10.1 Å². The van der Waals surface area contributed by atoms with Gasteiger partial charge in [0.2, 0.25) is 5.95 Å². The monoisotopic (exact) mass is 514 g/mol. The number of benzene rings is 2. The average molecular weight is 515 g/mol. The highest BCUT2D eigenvalue weighted by atomic mass is 16.6. The van der Waals surface area contributed by atoms with Gasteiger partial charge in [-0.2, -0.15) is 0 Å². The van der Waals surface area contributed by atoms with Gasteiger partial charge in [-0.05, 0) is 26.2 Å². The lowest BCUT2D eigenvalue weighted by atomic mass is 10.1. The van der Waals surface area contributed by atoms with E-state index in [4.69, 9.17) is 9.72 Å². The number of anilines is 3. The molecule has 0 unspecified atom stereocenters. The summed E-state index contributed by atoms with van der Waals surface area (Å²) in [6, 6.07) is 13.2. The van der Waals surface area contributed by atoms with E-state index in [1.807, 2.05) is 68.6 Å². The maximum atomic E-state index is 12.0. The SMILES string of the molecule is COc1cc(N(C)CCN(C)C)c([N+](=O)[O-])cc1Nc1nc(-c2cn(C)c3ccccc23)c2[nH]ccc2n1. The number of nitro groups is 1. The number of rotatable bonds is 9. The second-order valence-corrected chi connectivity index (χ2v) is 9.45. The summed E-state index contributed by atoms with van der Waals surface area (Å²) in [7, 11) is 9.29. The first-order chi connectivity index (χ1) is 18.3. The van der Waals surface area contributed by atoms with Crippen LogP contribution >= 0.6 is 0 Å². The molecule has 3 heterocycles. The molecule has 196 valence electrons. The van der Waals surface area contributed by atoms with Gasteiger partial charge in [0, 0.05) is 68.2 Å². The van der Waals surface area contributed by atoms with Crippen molar-refractivity contribution in [2.24, 2.45) is 7.05 Å². The van der Waals surface area contributed by atoms with Crippen molar-refractivity contribution < 1.29 is 9.66 Å². The Morgan fingerprint density at radius 2 is 1.92 bits per heavy atom. The highest BCUT2D eigenvalue weighted by Crippen LogP contribution is 2.40. The van der Waals surface area contributed by atoms with Crippen LogP contribution in [0, 0.1) is 10.1 Å². The predicted octanol–water partition coefficient (Wildman–Crippen LogP) is 4.77. The lowest BCUT2D eigenvalue weighted by molar-refractivity contribution is -0.384. The maximum Gasteiger partial charge on any atom is 0.294 e. The molecule has 0 atom stereocenters. The van der Waals surface area contributed by atoms with E-state index >= 15 is 0 Å². The smallest absolute Gasteiger partial charge is 0.294 e. The summed E-state index contributed by atoms with van der Waals surface area (Å²) in [5.74, 6) is 0.758. The molecule has 11 nitrogen and oxygen atoms in total. The number of H-pyrrole nitrogens is 1. The van der Waals surface area contributed by atoms with Crippen molar-refractivity contribution in [1.82, 2.24) is 24.4 Å². The van der Waals surface area contributed by atoms with Crippen molar-refractivity contribution in [2.45, 2.75) is 0 Å². The van der Waals surface area contributed by atoms with E-state index in [2.05, 4.69) is 32.0 Å². The summed E-state index contributed by atoms with van der Waals surface area (Å²) in [6.07, 6.45) is 3.86. The number of nitro benzene ring substituents is 1. The molecule has 0 saturated carbocycles. The molecule has 0 saturated heterocycles. The van der Waals surface area contributed by atoms with Crippen LogP contribution in [0.1, 0.15) is 0 Å². The zero-order chi connectivity index (χ0) is 27.0. The highest BCUT2D eigenvalue weighted by molar-refractivity contribution is 6.02. The summed E-state index contributed by atoms with van der Waals surface area (Å²) >= 11 is 0. The van der Waals surface area contributed by atoms with Crippen LogP contribution in [0.3, 0.4) is 0 Å². The van der Waals surface area contributed by atoms with E-state index in [0.29, 0.717) is 29.6 Å². The summed E-state index contributed by atoms with van der Waals surface area (Å²) in [4.78, 5) is 28.3. The number of aromatic nitrogens is 4. The fourth-order valence-corrected chi connectivity index (χ4v) is 4.59. The fourth-order valence-electron chi connectivity index (χ4n) is 4.59. The number of fused-ring (bicyclic) bond motifs is 2. The van der Waals surface area contributed by atoms with Gasteiger partial charge < -0.3 is 29.4 Å². The predicted molar refractivity (Wildman–Crippen MR) is 151 cm³/mol. The molecule has 0 aliphatic carbocycles. The van der Waals surface area contributed by atoms with Crippen molar-refractivity contribution in [3.8, 4) is 17.0 Å². The molecule has 2 aromatic carbocycles. The molecule has 38 heavy (non-hydrogen) atoms. The molecule has 5 rings (SSSR count). The molecule has 11 heteroatoms. The first-order valence-corrected chi connectivity index (χ1v) is 12.2.